The molecule has 0 aromatic rings. The second-order valence-corrected chi connectivity index (χ2v) is 4.48. The number of thioether (sulfide) groups is 1. The summed E-state index contributed by atoms with van der Waals surface area (Å²) in [5.74, 6) is 1.14. The third-order valence-electron chi connectivity index (χ3n) is 2.16. The van der Waals surface area contributed by atoms with Crippen LogP contribution in [0.2, 0.25) is 0 Å². The maximum absolute atomic E-state index is 8.99. The Morgan fingerprint density at radius 2 is 2.50 bits per heavy atom. The molecule has 1 atom stereocenters. The summed E-state index contributed by atoms with van der Waals surface area (Å²) in [5, 5.41) is 8.99. The minimum Gasteiger partial charge on any atom is -0.382 e. The van der Waals surface area contributed by atoms with Crippen LogP contribution in [0.1, 0.15) is 26.2 Å². The highest BCUT2D eigenvalue weighted by Crippen LogP contribution is 2.40. The van der Waals surface area contributed by atoms with Gasteiger partial charge in [0.2, 0.25) is 0 Å². The fourth-order valence-corrected chi connectivity index (χ4v) is 2.68. The van der Waals surface area contributed by atoms with Crippen LogP contribution in [0.3, 0.4) is 0 Å². The molecule has 0 aliphatic carbocycles. The summed E-state index contributed by atoms with van der Waals surface area (Å²) >= 11 is 1.80. The van der Waals surface area contributed by atoms with Gasteiger partial charge in [0, 0.05) is 13.2 Å². The Morgan fingerprint density at radius 3 is 3.00 bits per heavy atom. The molecule has 1 fully saturated rings. The quantitative estimate of drug-likeness (QED) is 0.629. The lowest BCUT2D eigenvalue weighted by atomic mass is 10.0. The molecule has 0 spiro atoms. The van der Waals surface area contributed by atoms with Crippen LogP contribution in [0.25, 0.3) is 0 Å². The Bertz CT molecular complexity index is 170. The summed E-state index contributed by atoms with van der Waals surface area (Å²) in [5.41, 5.74) is 0. The lowest BCUT2D eigenvalue weighted by Crippen LogP contribution is -2.20. The molecule has 1 rings (SSSR count). The summed E-state index contributed by atoms with van der Waals surface area (Å²) in [6.07, 6.45) is 3.12. The smallest absolute Gasteiger partial charge is 0.105 e. The van der Waals surface area contributed by atoms with E-state index in [0.29, 0.717) is 0 Å². The summed E-state index contributed by atoms with van der Waals surface area (Å²) < 4.78 is 5.14. The van der Waals surface area contributed by atoms with Crippen LogP contribution in [0, 0.1) is 11.3 Å². The molecule has 0 N–H and O–H groups in total. The Kier molecular flexibility index (Phi) is 3.90. The highest BCUT2D eigenvalue weighted by atomic mass is 32.2. The lowest BCUT2D eigenvalue weighted by molar-refractivity contribution is 0.140. The molecule has 0 bridgehead atoms. The summed E-state index contributed by atoms with van der Waals surface area (Å²) in [7, 11) is 0. The molecule has 3 heteroatoms. The summed E-state index contributed by atoms with van der Waals surface area (Å²) in [6.45, 7) is 3.48. The molecule has 1 saturated heterocycles. The van der Waals surface area contributed by atoms with E-state index in [0.717, 1.165) is 31.8 Å². The van der Waals surface area contributed by atoms with Crippen molar-refractivity contribution in [2.45, 2.75) is 30.9 Å². The minimum absolute atomic E-state index is 0.116. The summed E-state index contributed by atoms with van der Waals surface area (Å²) in [4.78, 5) is 0. The molecule has 68 valence electrons. The molecule has 2 nitrogen and oxygen atoms in total. The monoisotopic (exact) mass is 185 g/mol. The molecule has 0 amide bonds. The van der Waals surface area contributed by atoms with Crippen LogP contribution >= 0.6 is 11.8 Å². The SMILES string of the molecule is CCOCCC1(C#N)CCCS1. The van der Waals surface area contributed by atoms with Crippen LogP contribution in [0.15, 0.2) is 0 Å². The van der Waals surface area contributed by atoms with Gasteiger partial charge in [-0.15, -0.1) is 11.8 Å². The molecule has 0 aromatic heterocycles. The zero-order chi connectivity index (χ0) is 8.86. The van der Waals surface area contributed by atoms with Crippen molar-refractivity contribution < 1.29 is 4.74 Å². The van der Waals surface area contributed by atoms with Crippen LogP contribution in [0.5, 0.6) is 0 Å². The normalized spacial score (nSPS) is 28.7. The molecule has 1 heterocycles. The van der Waals surface area contributed by atoms with Crippen molar-refractivity contribution in [1.82, 2.24) is 0 Å². The highest BCUT2D eigenvalue weighted by molar-refractivity contribution is 8.01. The number of hydrogen-bond donors (Lipinski definition) is 0. The van der Waals surface area contributed by atoms with Gasteiger partial charge in [0.05, 0.1) is 6.07 Å². The molecule has 0 aromatic carbocycles. The van der Waals surface area contributed by atoms with Crippen LogP contribution in [-0.4, -0.2) is 23.7 Å². The lowest BCUT2D eigenvalue weighted by Gasteiger charge is -2.18. The van der Waals surface area contributed by atoms with Crippen LogP contribution in [-0.2, 0) is 4.74 Å². The van der Waals surface area contributed by atoms with Crippen molar-refractivity contribution >= 4 is 11.8 Å². The second-order valence-electron chi connectivity index (χ2n) is 3.01. The Labute approximate surface area is 78.3 Å². The number of hydrogen-bond acceptors (Lipinski definition) is 3. The van der Waals surface area contributed by atoms with E-state index >= 15 is 0 Å². The molecule has 1 aliphatic rings. The van der Waals surface area contributed by atoms with Crippen LogP contribution < -0.4 is 0 Å². The van der Waals surface area contributed by atoms with E-state index in [1.165, 1.54) is 6.42 Å². The third-order valence-corrected chi connectivity index (χ3v) is 3.71. The molecule has 1 aliphatic heterocycles. The molecule has 0 radical (unpaired) electrons. The van der Waals surface area contributed by atoms with Crippen molar-refractivity contribution in [1.29, 1.82) is 5.26 Å². The molecular weight excluding hydrogens is 170 g/mol. The van der Waals surface area contributed by atoms with Crippen molar-refractivity contribution in [3.8, 4) is 6.07 Å². The van der Waals surface area contributed by atoms with E-state index in [2.05, 4.69) is 6.07 Å². The highest BCUT2D eigenvalue weighted by Gasteiger charge is 2.34. The van der Waals surface area contributed by atoms with Gasteiger partial charge in [0.25, 0.3) is 0 Å². The van der Waals surface area contributed by atoms with Crippen molar-refractivity contribution in [2.75, 3.05) is 19.0 Å². The van der Waals surface area contributed by atoms with Gasteiger partial charge < -0.3 is 4.74 Å². The predicted octanol–water partition coefficient (Wildman–Crippen LogP) is 2.20. The van der Waals surface area contributed by atoms with Crippen molar-refractivity contribution in [3.05, 3.63) is 0 Å². The average Bonchev–Trinajstić information content (AvgIpc) is 2.55. The molecule has 12 heavy (non-hydrogen) atoms. The fraction of sp³-hybridized carbons (Fsp3) is 0.889. The van der Waals surface area contributed by atoms with Crippen LogP contribution in [0.4, 0.5) is 0 Å². The number of rotatable bonds is 4. The van der Waals surface area contributed by atoms with E-state index in [9.17, 15) is 0 Å². The Morgan fingerprint density at radius 1 is 1.67 bits per heavy atom. The predicted molar refractivity (Wildman–Crippen MR) is 51.1 cm³/mol. The second kappa shape index (κ2) is 4.74. The maximum atomic E-state index is 8.99. The molecular formula is C9H15NOS. The van der Waals surface area contributed by atoms with Crippen molar-refractivity contribution in [2.24, 2.45) is 0 Å². The van der Waals surface area contributed by atoms with Crippen molar-refractivity contribution in [3.63, 3.8) is 0 Å². The van der Waals surface area contributed by atoms with Gasteiger partial charge >= 0.3 is 0 Å². The largest absolute Gasteiger partial charge is 0.382 e. The van der Waals surface area contributed by atoms with E-state index < -0.39 is 0 Å². The molecule has 0 saturated carbocycles. The average molecular weight is 185 g/mol. The van der Waals surface area contributed by atoms with Gasteiger partial charge in [0.1, 0.15) is 4.75 Å². The fourth-order valence-electron chi connectivity index (χ4n) is 1.42. The Hall–Kier alpha value is -0.200. The van der Waals surface area contributed by atoms with E-state index in [4.69, 9.17) is 10.00 Å². The standard InChI is InChI=1S/C9H15NOS/c1-2-11-6-5-9(8-10)4-3-7-12-9/h2-7H2,1H3. The number of ether oxygens (including phenoxy) is 1. The zero-order valence-corrected chi connectivity index (χ0v) is 8.32. The number of nitrogens with zero attached hydrogens (tertiary/aromatic N) is 1. The van der Waals surface area contributed by atoms with Gasteiger partial charge in [-0.1, -0.05) is 0 Å². The van der Waals surface area contributed by atoms with Gasteiger partial charge in [0.15, 0.2) is 0 Å². The molecule has 1 unspecified atom stereocenters. The maximum Gasteiger partial charge on any atom is 0.105 e. The topological polar surface area (TPSA) is 33.0 Å². The van der Waals surface area contributed by atoms with E-state index in [-0.39, 0.29) is 4.75 Å². The van der Waals surface area contributed by atoms with Gasteiger partial charge in [-0.05, 0) is 31.9 Å². The van der Waals surface area contributed by atoms with Gasteiger partial charge in [-0.2, -0.15) is 5.26 Å². The minimum atomic E-state index is -0.116. The Balaban J connectivity index is 2.30. The van der Waals surface area contributed by atoms with E-state index in [1.807, 2.05) is 6.92 Å². The zero-order valence-electron chi connectivity index (χ0n) is 7.51. The van der Waals surface area contributed by atoms with E-state index in [1.54, 1.807) is 11.8 Å². The number of nitriles is 1. The third kappa shape index (κ3) is 2.40. The first-order chi connectivity index (χ1) is 5.83. The van der Waals surface area contributed by atoms with Gasteiger partial charge in [-0.25, -0.2) is 0 Å². The first-order valence-electron chi connectivity index (χ1n) is 4.46. The first-order valence-corrected chi connectivity index (χ1v) is 5.44. The van der Waals surface area contributed by atoms with Gasteiger partial charge in [-0.3, -0.25) is 0 Å². The summed E-state index contributed by atoms with van der Waals surface area (Å²) in [6, 6.07) is 2.42. The first kappa shape index (κ1) is 9.88.